The van der Waals surface area contributed by atoms with Gasteiger partial charge in [0, 0.05) is 19.5 Å². The summed E-state index contributed by atoms with van der Waals surface area (Å²) in [5.74, 6) is -0.446. The maximum Gasteiger partial charge on any atom is 0.303 e. The molecule has 0 aliphatic carbocycles. The van der Waals surface area contributed by atoms with Crippen LogP contribution in [0.4, 0.5) is 11.5 Å². The van der Waals surface area contributed by atoms with Crippen LogP contribution in [0.15, 0.2) is 18.3 Å². The van der Waals surface area contributed by atoms with Gasteiger partial charge in [-0.3, -0.25) is 9.59 Å². The Kier molecular flexibility index (Phi) is 5.78. The summed E-state index contributed by atoms with van der Waals surface area (Å²) in [7, 11) is 0. The van der Waals surface area contributed by atoms with Gasteiger partial charge < -0.3 is 15.3 Å². The number of carboxylic acids is 1. The lowest BCUT2D eigenvalue weighted by molar-refractivity contribution is -0.138. The number of aliphatic carboxylic acids is 1. The Bertz CT molecular complexity index is 427. The lowest BCUT2D eigenvalue weighted by Gasteiger charge is -2.19. The lowest BCUT2D eigenvalue weighted by atomic mass is 10.3. The van der Waals surface area contributed by atoms with Crippen LogP contribution >= 0.6 is 0 Å². The lowest BCUT2D eigenvalue weighted by Crippen LogP contribution is -2.22. The van der Waals surface area contributed by atoms with E-state index < -0.39 is 5.97 Å². The van der Waals surface area contributed by atoms with Gasteiger partial charge in [-0.1, -0.05) is 0 Å². The Balaban J connectivity index is 2.56. The molecule has 0 saturated carbocycles. The van der Waals surface area contributed by atoms with Crippen molar-refractivity contribution in [1.29, 1.82) is 0 Å². The van der Waals surface area contributed by atoms with Crippen LogP contribution in [-0.4, -0.2) is 35.1 Å². The highest BCUT2D eigenvalue weighted by Gasteiger charge is 2.07. The molecule has 0 aliphatic rings. The molecule has 2 N–H and O–H groups in total. The minimum Gasteiger partial charge on any atom is -0.481 e. The molecule has 0 bridgehead atoms. The first-order chi connectivity index (χ1) is 9.06. The van der Waals surface area contributed by atoms with Crippen molar-refractivity contribution >= 4 is 23.4 Å². The highest BCUT2D eigenvalue weighted by Crippen LogP contribution is 2.14. The molecule has 0 atom stereocenters. The van der Waals surface area contributed by atoms with Crippen molar-refractivity contribution in [1.82, 2.24) is 4.98 Å². The van der Waals surface area contributed by atoms with Crippen LogP contribution in [0, 0.1) is 0 Å². The summed E-state index contributed by atoms with van der Waals surface area (Å²) in [6, 6.07) is 3.60. The third-order valence-corrected chi connectivity index (χ3v) is 2.68. The molecule has 1 aromatic rings. The minimum absolute atomic E-state index is 0.0346. The Labute approximate surface area is 112 Å². The zero-order chi connectivity index (χ0) is 14.3. The molecule has 0 unspecified atom stereocenters. The molecule has 19 heavy (non-hydrogen) atoms. The van der Waals surface area contributed by atoms with Gasteiger partial charge in [-0.15, -0.1) is 0 Å². The number of carbonyl (C=O) groups excluding carboxylic acids is 1. The van der Waals surface area contributed by atoms with Crippen LogP contribution < -0.4 is 10.2 Å². The average Bonchev–Trinajstić information content (AvgIpc) is 2.40. The molecule has 6 nitrogen and oxygen atoms in total. The van der Waals surface area contributed by atoms with Crippen LogP contribution in [0.1, 0.15) is 26.7 Å². The van der Waals surface area contributed by atoms with Crippen LogP contribution in [-0.2, 0) is 9.59 Å². The molecular formula is C13H19N3O3. The van der Waals surface area contributed by atoms with E-state index in [1.54, 1.807) is 12.3 Å². The van der Waals surface area contributed by atoms with Crippen molar-refractivity contribution in [3.8, 4) is 0 Å². The van der Waals surface area contributed by atoms with Gasteiger partial charge in [0.1, 0.15) is 5.82 Å². The summed E-state index contributed by atoms with van der Waals surface area (Å²) in [4.78, 5) is 28.1. The highest BCUT2D eigenvalue weighted by atomic mass is 16.4. The third kappa shape index (κ3) is 4.95. The predicted molar refractivity (Wildman–Crippen MR) is 73.3 cm³/mol. The average molecular weight is 265 g/mol. The van der Waals surface area contributed by atoms with Gasteiger partial charge in [0.15, 0.2) is 0 Å². The molecule has 0 aromatic carbocycles. The largest absolute Gasteiger partial charge is 0.481 e. The molecule has 0 spiro atoms. The Hall–Kier alpha value is -2.11. The fourth-order valence-corrected chi connectivity index (χ4v) is 1.64. The van der Waals surface area contributed by atoms with Crippen molar-refractivity contribution in [2.45, 2.75) is 26.7 Å². The molecule has 0 saturated heterocycles. The van der Waals surface area contributed by atoms with Gasteiger partial charge >= 0.3 is 5.97 Å². The first-order valence-corrected chi connectivity index (χ1v) is 6.29. The van der Waals surface area contributed by atoms with E-state index in [2.05, 4.69) is 15.2 Å². The summed E-state index contributed by atoms with van der Waals surface area (Å²) in [6.07, 6.45) is 1.37. The molecule has 104 valence electrons. The first kappa shape index (κ1) is 14.9. The SMILES string of the molecule is CCN(CC)c1ccc(NC(=O)CCC(=O)O)cn1. The number of nitrogens with zero attached hydrogens (tertiary/aromatic N) is 2. The van der Waals surface area contributed by atoms with Crippen molar-refractivity contribution in [2.24, 2.45) is 0 Å². The fraction of sp³-hybridized carbons (Fsp3) is 0.462. The predicted octanol–water partition coefficient (Wildman–Crippen LogP) is 1.73. The molecule has 1 amide bonds. The zero-order valence-electron chi connectivity index (χ0n) is 11.2. The number of hydrogen-bond donors (Lipinski definition) is 2. The number of nitrogens with one attached hydrogen (secondary N) is 1. The number of carbonyl (C=O) groups is 2. The Morgan fingerprint density at radius 3 is 2.42 bits per heavy atom. The minimum atomic E-state index is -0.981. The van der Waals surface area contributed by atoms with E-state index in [9.17, 15) is 9.59 Å². The topological polar surface area (TPSA) is 82.5 Å². The van der Waals surface area contributed by atoms with E-state index >= 15 is 0 Å². The summed E-state index contributed by atoms with van der Waals surface area (Å²) in [6.45, 7) is 5.83. The zero-order valence-corrected chi connectivity index (χ0v) is 11.2. The highest BCUT2D eigenvalue weighted by molar-refractivity contribution is 5.92. The maximum atomic E-state index is 11.4. The molecule has 1 aromatic heterocycles. The first-order valence-electron chi connectivity index (χ1n) is 6.29. The standard InChI is InChI=1S/C13H19N3O3/c1-3-16(4-2)11-6-5-10(9-14-11)15-12(17)7-8-13(18)19/h5-6,9H,3-4,7-8H2,1-2H3,(H,15,17)(H,18,19). The summed E-state index contributed by atoms with van der Waals surface area (Å²) in [5, 5.41) is 11.1. The smallest absolute Gasteiger partial charge is 0.303 e. The van der Waals surface area contributed by atoms with E-state index in [0.717, 1.165) is 18.9 Å². The molecule has 0 aliphatic heterocycles. The second-order valence-corrected chi connectivity index (χ2v) is 4.02. The maximum absolute atomic E-state index is 11.4. The molecule has 0 radical (unpaired) electrons. The number of pyridine rings is 1. The number of rotatable bonds is 7. The number of anilines is 2. The van der Waals surface area contributed by atoms with Gasteiger partial charge in [0.05, 0.1) is 18.3 Å². The summed E-state index contributed by atoms with van der Waals surface area (Å²) in [5.41, 5.74) is 0.575. The Morgan fingerprint density at radius 2 is 1.95 bits per heavy atom. The summed E-state index contributed by atoms with van der Waals surface area (Å²) < 4.78 is 0. The van der Waals surface area contributed by atoms with E-state index in [-0.39, 0.29) is 18.7 Å². The third-order valence-electron chi connectivity index (χ3n) is 2.68. The molecule has 0 fully saturated rings. The molecule has 6 heteroatoms. The van der Waals surface area contributed by atoms with Crippen molar-refractivity contribution in [3.63, 3.8) is 0 Å². The normalized spacial score (nSPS) is 10.0. The van der Waals surface area contributed by atoms with Crippen molar-refractivity contribution < 1.29 is 14.7 Å². The van der Waals surface area contributed by atoms with Crippen molar-refractivity contribution in [3.05, 3.63) is 18.3 Å². The number of amides is 1. The second-order valence-electron chi connectivity index (χ2n) is 4.02. The van der Waals surface area contributed by atoms with E-state index in [1.165, 1.54) is 0 Å². The monoisotopic (exact) mass is 265 g/mol. The molecule has 1 heterocycles. The van der Waals surface area contributed by atoms with Gasteiger partial charge in [-0.25, -0.2) is 4.98 Å². The quantitative estimate of drug-likeness (QED) is 0.784. The van der Waals surface area contributed by atoms with Gasteiger partial charge in [0.2, 0.25) is 5.91 Å². The van der Waals surface area contributed by atoms with E-state index in [1.807, 2.05) is 19.9 Å². The Morgan fingerprint density at radius 1 is 1.26 bits per heavy atom. The number of carboxylic acid groups (broad SMARTS) is 1. The van der Waals surface area contributed by atoms with Crippen LogP contribution in [0.5, 0.6) is 0 Å². The van der Waals surface area contributed by atoms with Crippen LogP contribution in [0.3, 0.4) is 0 Å². The molecular weight excluding hydrogens is 246 g/mol. The van der Waals surface area contributed by atoms with E-state index in [0.29, 0.717) is 5.69 Å². The van der Waals surface area contributed by atoms with Gasteiger partial charge in [0.25, 0.3) is 0 Å². The number of hydrogen-bond acceptors (Lipinski definition) is 4. The van der Waals surface area contributed by atoms with Crippen LogP contribution in [0.2, 0.25) is 0 Å². The van der Waals surface area contributed by atoms with Gasteiger partial charge in [-0.2, -0.15) is 0 Å². The van der Waals surface area contributed by atoms with Crippen molar-refractivity contribution in [2.75, 3.05) is 23.3 Å². The fourth-order valence-electron chi connectivity index (χ4n) is 1.64. The van der Waals surface area contributed by atoms with Crippen LogP contribution in [0.25, 0.3) is 0 Å². The van der Waals surface area contributed by atoms with E-state index in [4.69, 9.17) is 5.11 Å². The second kappa shape index (κ2) is 7.35. The summed E-state index contributed by atoms with van der Waals surface area (Å²) >= 11 is 0. The van der Waals surface area contributed by atoms with Gasteiger partial charge in [-0.05, 0) is 26.0 Å². The molecule has 1 rings (SSSR count). The number of aromatic nitrogens is 1.